The third-order valence-corrected chi connectivity index (χ3v) is 7.74. The first-order valence-electron chi connectivity index (χ1n) is 10.7. The lowest BCUT2D eigenvalue weighted by molar-refractivity contribution is 0.0994. The van der Waals surface area contributed by atoms with Crippen LogP contribution in [0.1, 0.15) is 35.7 Å². The summed E-state index contributed by atoms with van der Waals surface area (Å²) >= 11 is 0. The van der Waals surface area contributed by atoms with Crippen molar-refractivity contribution in [3.05, 3.63) is 35.7 Å². The maximum Gasteiger partial charge on any atom is 0.279 e. The first-order chi connectivity index (χ1) is 15.4. The molecule has 0 spiro atoms. The lowest BCUT2D eigenvalue weighted by Crippen LogP contribution is -2.38. The minimum atomic E-state index is -3.47. The normalized spacial score (nSPS) is 19.1. The third kappa shape index (κ3) is 3.46. The summed E-state index contributed by atoms with van der Waals surface area (Å²) in [5, 5.41) is 3.41. The molecule has 2 aliphatic rings. The Balaban J connectivity index is 1.56. The quantitative estimate of drug-likeness (QED) is 0.579. The van der Waals surface area contributed by atoms with Crippen molar-refractivity contribution in [3.63, 3.8) is 0 Å². The van der Waals surface area contributed by atoms with Gasteiger partial charge in [-0.15, -0.1) is 0 Å². The number of benzene rings is 1. The Hall–Kier alpha value is -2.89. The van der Waals surface area contributed by atoms with Gasteiger partial charge in [0.15, 0.2) is 23.1 Å². The molecule has 3 heterocycles. The van der Waals surface area contributed by atoms with E-state index in [1.54, 1.807) is 6.33 Å². The minimum Gasteiger partial charge on any atom is -0.364 e. The van der Waals surface area contributed by atoms with E-state index in [1.165, 1.54) is 11.4 Å². The standard InChI is InChI=1S/C21H25N7O3S/c1-3-27-12-23-18-20(24-13-9-10-28(11-13)32(30,31)22-2)25-19(26-21(18)27)16-6-4-5-15-14(16)7-8-17(15)29/h4-6,12-13,22H,3,7-11H2,1-2H3,(H,24,25,26)/t13-/m0/s1. The van der Waals surface area contributed by atoms with E-state index < -0.39 is 10.2 Å². The second kappa shape index (κ2) is 7.91. The number of hydrogen-bond acceptors (Lipinski definition) is 7. The van der Waals surface area contributed by atoms with E-state index >= 15 is 0 Å². The number of nitrogens with one attached hydrogen (secondary N) is 2. The Kier molecular flexibility index (Phi) is 5.19. The smallest absolute Gasteiger partial charge is 0.279 e. The predicted molar refractivity (Wildman–Crippen MR) is 121 cm³/mol. The number of aryl methyl sites for hydroxylation is 1. The van der Waals surface area contributed by atoms with E-state index in [2.05, 4.69) is 15.0 Å². The molecular formula is C21H25N7O3S. The molecule has 1 aliphatic heterocycles. The number of Topliss-reactive ketones (excluding diaryl/α,β-unsaturated/α-hetero) is 1. The molecule has 0 bridgehead atoms. The summed E-state index contributed by atoms with van der Waals surface area (Å²) in [6.45, 7) is 3.50. The summed E-state index contributed by atoms with van der Waals surface area (Å²) in [4.78, 5) is 26.3. The molecule has 0 radical (unpaired) electrons. The summed E-state index contributed by atoms with van der Waals surface area (Å²) in [6.07, 6.45) is 3.58. The van der Waals surface area contributed by atoms with Crippen molar-refractivity contribution in [2.24, 2.45) is 0 Å². The minimum absolute atomic E-state index is 0.0982. The molecular weight excluding hydrogens is 430 g/mol. The molecule has 1 atom stereocenters. The van der Waals surface area contributed by atoms with Gasteiger partial charge >= 0.3 is 0 Å². The number of fused-ring (bicyclic) bond motifs is 2. The van der Waals surface area contributed by atoms with Gasteiger partial charge in [0.1, 0.15) is 5.52 Å². The zero-order valence-corrected chi connectivity index (χ0v) is 18.8. The summed E-state index contributed by atoms with van der Waals surface area (Å²) in [5.41, 5.74) is 3.94. The molecule has 0 amide bonds. The first kappa shape index (κ1) is 21.0. The average Bonchev–Trinajstić information content (AvgIpc) is 3.52. The molecule has 2 aromatic heterocycles. The van der Waals surface area contributed by atoms with Crippen molar-refractivity contribution in [2.45, 2.75) is 38.8 Å². The first-order valence-corrected chi connectivity index (χ1v) is 12.2. The van der Waals surface area contributed by atoms with Crippen LogP contribution < -0.4 is 10.0 Å². The summed E-state index contributed by atoms with van der Waals surface area (Å²) in [7, 11) is -2.06. The van der Waals surface area contributed by atoms with Crippen molar-refractivity contribution < 1.29 is 13.2 Å². The number of imidazole rings is 1. The van der Waals surface area contributed by atoms with Crippen molar-refractivity contribution in [1.29, 1.82) is 0 Å². The van der Waals surface area contributed by atoms with Crippen molar-refractivity contribution in [1.82, 2.24) is 28.5 Å². The van der Waals surface area contributed by atoms with Gasteiger partial charge in [-0.3, -0.25) is 4.79 Å². The van der Waals surface area contributed by atoms with Crippen LogP contribution in [-0.4, -0.2) is 64.2 Å². The number of carbonyl (C=O) groups excluding carboxylic acids is 1. The van der Waals surface area contributed by atoms with Gasteiger partial charge < -0.3 is 9.88 Å². The Bertz CT molecular complexity index is 1320. The second-order valence-corrected chi connectivity index (χ2v) is 9.93. The number of anilines is 1. The van der Waals surface area contributed by atoms with Crippen molar-refractivity contribution in [2.75, 3.05) is 25.5 Å². The van der Waals surface area contributed by atoms with Crippen molar-refractivity contribution in [3.8, 4) is 11.4 Å². The molecule has 3 aromatic rings. The fourth-order valence-corrected chi connectivity index (χ4v) is 5.46. The lowest BCUT2D eigenvalue weighted by Gasteiger charge is -2.17. The average molecular weight is 456 g/mol. The molecule has 1 aromatic carbocycles. The summed E-state index contributed by atoms with van der Waals surface area (Å²) < 4.78 is 30.0. The Morgan fingerprint density at radius 1 is 1.19 bits per heavy atom. The molecule has 5 rings (SSSR count). The maximum atomic E-state index is 12.2. The largest absolute Gasteiger partial charge is 0.364 e. The number of hydrogen-bond donors (Lipinski definition) is 2. The number of aromatic nitrogens is 4. The van der Waals surface area contributed by atoms with E-state index in [-0.39, 0.29) is 11.8 Å². The lowest BCUT2D eigenvalue weighted by atomic mass is 10.0. The highest BCUT2D eigenvalue weighted by Gasteiger charge is 2.31. The van der Waals surface area contributed by atoms with Gasteiger partial charge in [0.25, 0.3) is 10.2 Å². The van der Waals surface area contributed by atoms with Gasteiger partial charge in [-0.25, -0.2) is 19.7 Å². The molecule has 168 valence electrons. The number of rotatable bonds is 6. The highest BCUT2D eigenvalue weighted by Crippen LogP contribution is 2.33. The van der Waals surface area contributed by atoms with Crippen molar-refractivity contribution >= 4 is 33.0 Å². The maximum absolute atomic E-state index is 12.2. The van der Waals surface area contributed by atoms with E-state index in [1.807, 2.05) is 29.7 Å². The molecule has 0 saturated carbocycles. The molecule has 1 saturated heterocycles. The predicted octanol–water partition coefficient (Wildman–Crippen LogP) is 1.59. The monoisotopic (exact) mass is 455 g/mol. The zero-order chi connectivity index (χ0) is 22.5. The molecule has 10 nitrogen and oxygen atoms in total. The molecule has 1 fully saturated rings. The number of nitrogens with zero attached hydrogens (tertiary/aromatic N) is 5. The number of ketones is 1. The fraction of sp³-hybridized carbons (Fsp3) is 0.429. The molecule has 32 heavy (non-hydrogen) atoms. The molecule has 11 heteroatoms. The SMILES string of the molecule is CCn1cnc2c(N[C@H]3CCN(S(=O)(=O)NC)C3)nc(-c3cccc4c3CCC4=O)nc21. The second-order valence-electron chi connectivity index (χ2n) is 8.05. The van der Waals surface area contributed by atoms with Gasteiger partial charge in [0.2, 0.25) is 0 Å². The highest BCUT2D eigenvalue weighted by atomic mass is 32.2. The van der Waals surface area contributed by atoms with Gasteiger partial charge in [0, 0.05) is 50.3 Å². The Morgan fingerprint density at radius 2 is 2.00 bits per heavy atom. The topological polar surface area (TPSA) is 122 Å². The van der Waals surface area contributed by atoms with Gasteiger partial charge in [-0.2, -0.15) is 12.7 Å². The van der Waals surface area contributed by atoms with Crippen LogP contribution in [0, 0.1) is 0 Å². The Labute approximate surface area is 186 Å². The summed E-state index contributed by atoms with van der Waals surface area (Å²) in [6, 6.07) is 5.58. The van der Waals surface area contributed by atoms with Gasteiger partial charge in [0.05, 0.1) is 6.33 Å². The van der Waals surface area contributed by atoms with Crippen LogP contribution in [-0.2, 0) is 23.2 Å². The third-order valence-electron chi connectivity index (χ3n) is 6.21. The fourth-order valence-electron chi connectivity index (χ4n) is 4.48. The van der Waals surface area contributed by atoms with Crippen LogP contribution >= 0.6 is 0 Å². The van der Waals surface area contributed by atoms with E-state index in [9.17, 15) is 13.2 Å². The van der Waals surface area contributed by atoms with Crippen LogP contribution in [0.15, 0.2) is 24.5 Å². The Morgan fingerprint density at radius 3 is 2.78 bits per heavy atom. The van der Waals surface area contributed by atoms with Gasteiger partial charge in [-0.05, 0) is 25.3 Å². The van der Waals surface area contributed by atoms with E-state index in [0.29, 0.717) is 61.7 Å². The van der Waals surface area contributed by atoms with E-state index in [4.69, 9.17) is 9.97 Å². The van der Waals surface area contributed by atoms with Crippen LogP contribution in [0.5, 0.6) is 0 Å². The van der Waals surface area contributed by atoms with Crippen LogP contribution in [0.2, 0.25) is 0 Å². The van der Waals surface area contributed by atoms with E-state index in [0.717, 1.165) is 16.7 Å². The zero-order valence-electron chi connectivity index (χ0n) is 18.0. The molecule has 0 unspecified atom stereocenters. The van der Waals surface area contributed by atoms with Crippen LogP contribution in [0.3, 0.4) is 0 Å². The van der Waals surface area contributed by atoms with Gasteiger partial charge in [-0.1, -0.05) is 18.2 Å². The summed E-state index contributed by atoms with van der Waals surface area (Å²) in [5.74, 6) is 1.27. The number of carbonyl (C=O) groups is 1. The van der Waals surface area contributed by atoms with Crippen LogP contribution in [0.25, 0.3) is 22.6 Å². The molecule has 2 N–H and O–H groups in total. The highest BCUT2D eigenvalue weighted by molar-refractivity contribution is 7.87. The van der Waals surface area contributed by atoms with Crippen LogP contribution in [0.4, 0.5) is 5.82 Å². The molecule has 1 aliphatic carbocycles.